The fourth-order valence-corrected chi connectivity index (χ4v) is 6.04. The topological polar surface area (TPSA) is 63.7 Å². The van der Waals surface area contributed by atoms with E-state index >= 15 is 0 Å². The molecule has 8 heteroatoms. The molecule has 1 heterocycles. The van der Waals surface area contributed by atoms with E-state index in [1.165, 1.54) is 6.42 Å². The largest absolute Gasteiger partial charge is 0.482 e. The van der Waals surface area contributed by atoms with Crippen molar-refractivity contribution in [2.75, 3.05) is 18.1 Å². The summed E-state index contributed by atoms with van der Waals surface area (Å²) in [6.07, 6.45) is 5.65. The Labute approximate surface area is 164 Å². The van der Waals surface area contributed by atoms with Gasteiger partial charge in [0.1, 0.15) is 5.75 Å². The minimum absolute atomic E-state index is 0.0525. The Morgan fingerprint density at radius 2 is 1.85 bits per heavy atom. The van der Waals surface area contributed by atoms with Gasteiger partial charge in [-0.2, -0.15) is 0 Å². The molecule has 144 valence electrons. The zero-order valence-corrected chi connectivity index (χ0v) is 16.8. The number of hydrogen-bond donors (Lipinski definition) is 0. The first-order valence-electron chi connectivity index (χ1n) is 8.95. The van der Waals surface area contributed by atoms with Crippen LogP contribution in [0.4, 0.5) is 0 Å². The average Bonchev–Trinajstić information content (AvgIpc) is 2.95. The summed E-state index contributed by atoms with van der Waals surface area (Å²) in [7, 11) is -3.06. The van der Waals surface area contributed by atoms with E-state index in [4.69, 9.17) is 27.9 Å². The van der Waals surface area contributed by atoms with Crippen molar-refractivity contribution in [3.05, 3.63) is 28.2 Å². The molecule has 1 aliphatic carbocycles. The number of amides is 1. The lowest BCUT2D eigenvalue weighted by atomic mass is 9.93. The van der Waals surface area contributed by atoms with Gasteiger partial charge < -0.3 is 9.64 Å². The fraction of sp³-hybridized carbons (Fsp3) is 0.611. The molecule has 2 aliphatic rings. The molecule has 0 aromatic heterocycles. The Bertz CT molecular complexity index is 762. The van der Waals surface area contributed by atoms with Gasteiger partial charge in [0.25, 0.3) is 5.91 Å². The standard InChI is InChI=1S/C18H23Cl2NO4S/c19-13-6-7-17(16(20)10-13)25-11-18(22)21(14-4-2-1-3-5-14)15-8-9-26(23,24)12-15/h6-7,10,14-15H,1-5,8-9,11-12H2. The van der Waals surface area contributed by atoms with Crippen LogP contribution in [0.15, 0.2) is 18.2 Å². The number of carbonyl (C=O) groups is 1. The molecule has 1 amide bonds. The predicted octanol–water partition coefficient (Wildman–Crippen LogP) is 3.72. The second-order valence-corrected chi connectivity index (χ2v) is 10.1. The molecule has 2 fully saturated rings. The van der Waals surface area contributed by atoms with Gasteiger partial charge in [0, 0.05) is 17.1 Å². The maximum Gasteiger partial charge on any atom is 0.261 e. The van der Waals surface area contributed by atoms with Crippen molar-refractivity contribution in [3.8, 4) is 5.75 Å². The lowest BCUT2D eigenvalue weighted by molar-refractivity contribution is -0.138. The molecule has 0 radical (unpaired) electrons. The highest BCUT2D eigenvalue weighted by Crippen LogP contribution is 2.30. The molecule has 1 unspecified atom stereocenters. The van der Waals surface area contributed by atoms with Crippen LogP contribution >= 0.6 is 23.2 Å². The van der Waals surface area contributed by atoms with E-state index in [1.807, 2.05) is 0 Å². The SMILES string of the molecule is O=C(COc1ccc(Cl)cc1Cl)N(C1CCCCC1)C1CCS(=O)(=O)C1. The van der Waals surface area contributed by atoms with Crippen molar-refractivity contribution < 1.29 is 17.9 Å². The Balaban J connectivity index is 1.71. The summed E-state index contributed by atoms with van der Waals surface area (Å²) < 4.78 is 29.4. The number of rotatable bonds is 5. The van der Waals surface area contributed by atoms with Crippen LogP contribution in [0, 0.1) is 0 Å². The number of ether oxygens (including phenoxy) is 1. The van der Waals surface area contributed by atoms with E-state index in [0.29, 0.717) is 22.2 Å². The molecule has 1 aromatic carbocycles. The Morgan fingerprint density at radius 1 is 1.12 bits per heavy atom. The molecule has 5 nitrogen and oxygen atoms in total. The Hall–Kier alpha value is -0.980. The first kappa shape index (κ1) is 19.8. The number of halogens is 2. The summed E-state index contributed by atoms with van der Waals surface area (Å²) in [6, 6.07) is 4.68. The van der Waals surface area contributed by atoms with E-state index in [0.717, 1.165) is 25.7 Å². The molecule has 1 aromatic rings. The molecule has 1 saturated carbocycles. The van der Waals surface area contributed by atoms with E-state index < -0.39 is 9.84 Å². The first-order valence-corrected chi connectivity index (χ1v) is 11.5. The number of hydrogen-bond acceptors (Lipinski definition) is 4. The second-order valence-electron chi connectivity index (χ2n) is 7.01. The summed E-state index contributed by atoms with van der Waals surface area (Å²) in [4.78, 5) is 14.7. The summed E-state index contributed by atoms with van der Waals surface area (Å²) >= 11 is 12.0. The van der Waals surface area contributed by atoms with Gasteiger partial charge in [-0.05, 0) is 37.5 Å². The van der Waals surface area contributed by atoms with Crippen LogP contribution in [0.3, 0.4) is 0 Å². The van der Waals surface area contributed by atoms with Crippen LogP contribution in [-0.2, 0) is 14.6 Å². The van der Waals surface area contributed by atoms with E-state index in [9.17, 15) is 13.2 Å². The van der Waals surface area contributed by atoms with E-state index in [-0.39, 0.29) is 36.1 Å². The molecule has 1 atom stereocenters. The maximum atomic E-state index is 12.9. The molecule has 0 bridgehead atoms. The number of benzene rings is 1. The molecule has 1 aliphatic heterocycles. The average molecular weight is 420 g/mol. The molecule has 1 saturated heterocycles. The van der Waals surface area contributed by atoms with Crippen molar-refractivity contribution in [1.82, 2.24) is 4.90 Å². The van der Waals surface area contributed by atoms with Crippen molar-refractivity contribution in [1.29, 1.82) is 0 Å². The van der Waals surface area contributed by atoms with Gasteiger partial charge in [-0.15, -0.1) is 0 Å². The van der Waals surface area contributed by atoms with Crippen LogP contribution in [0.2, 0.25) is 10.0 Å². The highest BCUT2D eigenvalue weighted by atomic mass is 35.5. The molecule has 26 heavy (non-hydrogen) atoms. The van der Waals surface area contributed by atoms with Crippen LogP contribution in [0.5, 0.6) is 5.75 Å². The van der Waals surface area contributed by atoms with Crippen LogP contribution in [0.25, 0.3) is 0 Å². The monoisotopic (exact) mass is 419 g/mol. The lowest BCUT2D eigenvalue weighted by Gasteiger charge is -2.38. The van der Waals surface area contributed by atoms with Crippen LogP contribution in [-0.4, -0.2) is 49.4 Å². The van der Waals surface area contributed by atoms with Crippen LogP contribution in [0.1, 0.15) is 38.5 Å². The summed E-state index contributed by atoms with van der Waals surface area (Å²) in [6.45, 7) is -0.158. The normalized spacial score (nSPS) is 22.9. The third-order valence-electron chi connectivity index (χ3n) is 5.10. The summed E-state index contributed by atoms with van der Waals surface area (Å²) in [5.74, 6) is 0.423. The third-order valence-corrected chi connectivity index (χ3v) is 7.38. The van der Waals surface area contributed by atoms with Gasteiger partial charge in [-0.3, -0.25) is 4.79 Å². The van der Waals surface area contributed by atoms with Crippen LogP contribution < -0.4 is 4.74 Å². The molecular weight excluding hydrogens is 397 g/mol. The summed E-state index contributed by atoms with van der Waals surface area (Å²) in [5.41, 5.74) is 0. The van der Waals surface area contributed by atoms with Gasteiger partial charge in [0.2, 0.25) is 0 Å². The minimum atomic E-state index is -3.06. The van der Waals surface area contributed by atoms with Crippen molar-refractivity contribution in [2.24, 2.45) is 0 Å². The number of carbonyl (C=O) groups excluding carboxylic acids is 1. The van der Waals surface area contributed by atoms with Crippen molar-refractivity contribution >= 4 is 38.9 Å². The van der Waals surface area contributed by atoms with Gasteiger partial charge in [-0.1, -0.05) is 42.5 Å². The maximum absolute atomic E-state index is 12.9. The zero-order valence-electron chi connectivity index (χ0n) is 14.5. The zero-order chi connectivity index (χ0) is 18.7. The Kier molecular flexibility index (Phi) is 6.36. The van der Waals surface area contributed by atoms with E-state index in [1.54, 1.807) is 23.1 Å². The summed E-state index contributed by atoms with van der Waals surface area (Å²) in [5, 5.41) is 0.839. The molecule has 3 rings (SSSR count). The van der Waals surface area contributed by atoms with Crippen molar-refractivity contribution in [3.63, 3.8) is 0 Å². The first-order chi connectivity index (χ1) is 12.4. The number of sulfone groups is 1. The molecule has 0 N–H and O–H groups in total. The predicted molar refractivity (Wildman–Crippen MR) is 103 cm³/mol. The molecule has 0 spiro atoms. The molecular formula is C18H23Cl2NO4S. The third kappa shape index (κ3) is 4.84. The van der Waals surface area contributed by atoms with Crippen molar-refractivity contribution in [2.45, 2.75) is 50.6 Å². The quantitative estimate of drug-likeness (QED) is 0.729. The smallest absolute Gasteiger partial charge is 0.261 e. The number of nitrogens with zero attached hydrogens (tertiary/aromatic N) is 1. The highest BCUT2D eigenvalue weighted by Gasteiger charge is 2.38. The van der Waals surface area contributed by atoms with Gasteiger partial charge in [-0.25, -0.2) is 8.42 Å². The fourth-order valence-electron chi connectivity index (χ4n) is 3.87. The second kappa shape index (κ2) is 8.36. The highest BCUT2D eigenvalue weighted by molar-refractivity contribution is 7.91. The minimum Gasteiger partial charge on any atom is -0.482 e. The van der Waals surface area contributed by atoms with E-state index in [2.05, 4.69) is 0 Å². The van der Waals surface area contributed by atoms with Gasteiger partial charge >= 0.3 is 0 Å². The van der Waals surface area contributed by atoms with Gasteiger partial charge in [0.05, 0.1) is 16.5 Å². The Morgan fingerprint density at radius 3 is 2.46 bits per heavy atom. The lowest BCUT2D eigenvalue weighted by Crippen LogP contribution is -2.50. The van der Waals surface area contributed by atoms with Gasteiger partial charge in [0.15, 0.2) is 16.4 Å².